The van der Waals surface area contributed by atoms with Crippen LogP contribution in [-0.2, 0) is 6.61 Å². The summed E-state index contributed by atoms with van der Waals surface area (Å²) in [6.45, 7) is 2.12. The molecule has 0 unspecified atom stereocenters. The van der Waals surface area contributed by atoms with E-state index < -0.39 is 0 Å². The molecule has 0 aliphatic carbocycles. The first-order valence-electron chi connectivity index (χ1n) is 3.54. The van der Waals surface area contributed by atoms with Gasteiger partial charge in [-0.2, -0.15) is 0 Å². The number of carbonyl (C=O) groups excluding carboxylic acids is 1. The van der Waals surface area contributed by atoms with Gasteiger partial charge in [0.1, 0.15) is 12.4 Å². The average Bonchev–Trinajstić information content (AvgIpc) is 2.23. The van der Waals surface area contributed by atoms with Crippen LogP contribution in [0.4, 0.5) is 0 Å². The molecule has 0 atom stereocenters. The zero-order valence-corrected chi connectivity index (χ0v) is 6.26. The van der Waals surface area contributed by atoms with Gasteiger partial charge in [-0.05, 0) is 13.0 Å². The molecule has 1 heterocycles. The number of carbonyl (C=O) groups is 1. The van der Waals surface area contributed by atoms with Crippen molar-refractivity contribution in [2.75, 3.05) is 0 Å². The Labute approximate surface area is 64.8 Å². The topological polar surface area (TPSA) is 26.3 Å². The third-order valence-corrected chi connectivity index (χ3v) is 1.85. The molecule has 1 aliphatic rings. The van der Waals surface area contributed by atoms with Crippen molar-refractivity contribution >= 4 is 5.78 Å². The third-order valence-electron chi connectivity index (χ3n) is 1.85. The van der Waals surface area contributed by atoms with E-state index in [1.807, 2.05) is 18.2 Å². The van der Waals surface area contributed by atoms with Gasteiger partial charge in [0.25, 0.3) is 0 Å². The van der Waals surface area contributed by atoms with Gasteiger partial charge >= 0.3 is 0 Å². The molecule has 2 rings (SSSR count). The molecule has 1 aliphatic heterocycles. The molecule has 0 saturated heterocycles. The van der Waals surface area contributed by atoms with Crippen molar-refractivity contribution in [1.82, 2.24) is 0 Å². The van der Waals surface area contributed by atoms with Crippen LogP contribution in [0.5, 0.6) is 5.75 Å². The van der Waals surface area contributed by atoms with Crippen molar-refractivity contribution in [3.63, 3.8) is 0 Å². The van der Waals surface area contributed by atoms with E-state index in [-0.39, 0.29) is 5.78 Å². The summed E-state index contributed by atoms with van der Waals surface area (Å²) in [7, 11) is 0. The molecule has 2 heteroatoms. The fourth-order valence-electron chi connectivity index (χ4n) is 1.37. The van der Waals surface area contributed by atoms with E-state index in [0.29, 0.717) is 6.61 Å². The summed E-state index contributed by atoms with van der Waals surface area (Å²) in [4.78, 5) is 11.0. The van der Waals surface area contributed by atoms with E-state index in [0.717, 1.165) is 16.9 Å². The number of Topliss-reactive ketones (excluding diaryl/α,β-unsaturated/α-hetero) is 1. The summed E-state index contributed by atoms with van der Waals surface area (Å²) in [6, 6.07) is 5.66. The second kappa shape index (κ2) is 2.09. The zero-order valence-electron chi connectivity index (χ0n) is 6.26. The molecule has 0 N–H and O–H groups in total. The fraction of sp³-hybridized carbons (Fsp3) is 0.222. The summed E-state index contributed by atoms with van der Waals surface area (Å²) in [6.07, 6.45) is 0. The molecule has 0 radical (unpaired) electrons. The van der Waals surface area contributed by atoms with E-state index in [1.54, 1.807) is 6.92 Å². The lowest BCUT2D eigenvalue weighted by atomic mass is 10.1. The Kier molecular flexibility index (Phi) is 1.22. The van der Waals surface area contributed by atoms with E-state index in [4.69, 9.17) is 4.74 Å². The van der Waals surface area contributed by atoms with Gasteiger partial charge in [0.15, 0.2) is 5.78 Å². The lowest BCUT2D eigenvalue weighted by Gasteiger charge is -1.95. The summed E-state index contributed by atoms with van der Waals surface area (Å²) in [5.41, 5.74) is 1.77. The number of hydrogen-bond donors (Lipinski definition) is 0. The Morgan fingerprint density at radius 1 is 1.55 bits per heavy atom. The van der Waals surface area contributed by atoms with E-state index in [2.05, 4.69) is 0 Å². The molecule has 1 aromatic carbocycles. The lowest BCUT2D eigenvalue weighted by molar-refractivity contribution is 0.101. The minimum Gasteiger partial charge on any atom is -0.488 e. The highest BCUT2D eigenvalue weighted by Gasteiger charge is 2.19. The number of fused-ring (bicyclic) bond motifs is 2. The number of ketones is 1. The van der Waals surface area contributed by atoms with Gasteiger partial charge < -0.3 is 4.74 Å². The molecular weight excluding hydrogens is 140 g/mol. The average molecular weight is 148 g/mol. The highest BCUT2D eigenvalue weighted by Crippen LogP contribution is 2.29. The molecule has 56 valence electrons. The van der Waals surface area contributed by atoms with Crippen LogP contribution in [0, 0.1) is 0 Å². The minimum absolute atomic E-state index is 0.0908. The number of rotatable bonds is 1. The number of ether oxygens (including phenoxy) is 1. The van der Waals surface area contributed by atoms with Crippen LogP contribution in [-0.4, -0.2) is 5.78 Å². The number of benzene rings is 1. The Morgan fingerprint density at radius 3 is 2.91 bits per heavy atom. The molecule has 0 fully saturated rings. The molecule has 11 heavy (non-hydrogen) atoms. The quantitative estimate of drug-likeness (QED) is 0.567. The van der Waals surface area contributed by atoms with Gasteiger partial charge in [-0.1, -0.05) is 12.1 Å². The van der Waals surface area contributed by atoms with E-state index in [9.17, 15) is 4.79 Å². The van der Waals surface area contributed by atoms with Gasteiger partial charge in [-0.25, -0.2) is 0 Å². The first-order chi connectivity index (χ1) is 5.29. The van der Waals surface area contributed by atoms with E-state index in [1.165, 1.54) is 0 Å². The van der Waals surface area contributed by atoms with Crippen molar-refractivity contribution in [2.45, 2.75) is 13.5 Å². The van der Waals surface area contributed by atoms with E-state index >= 15 is 0 Å². The van der Waals surface area contributed by atoms with Gasteiger partial charge in [0.05, 0.1) is 5.56 Å². The molecule has 0 aromatic heterocycles. The maximum atomic E-state index is 11.0. The van der Waals surface area contributed by atoms with Crippen molar-refractivity contribution in [2.24, 2.45) is 0 Å². The first-order valence-corrected chi connectivity index (χ1v) is 3.54. The van der Waals surface area contributed by atoms with Gasteiger partial charge in [-0.15, -0.1) is 0 Å². The molecule has 0 amide bonds. The second-order valence-electron chi connectivity index (χ2n) is 2.64. The van der Waals surface area contributed by atoms with Crippen molar-refractivity contribution in [3.8, 4) is 5.75 Å². The van der Waals surface area contributed by atoms with Crippen LogP contribution in [0.25, 0.3) is 0 Å². The fourth-order valence-corrected chi connectivity index (χ4v) is 1.37. The maximum Gasteiger partial charge on any atom is 0.163 e. The molecule has 2 bridgehead atoms. The Morgan fingerprint density at radius 2 is 2.36 bits per heavy atom. The predicted octanol–water partition coefficient (Wildman–Crippen LogP) is 1.78. The summed E-state index contributed by atoms with van der Waals surface area (Å²) in [5.74, 6) is 0.822. The zero-order chi connectivity index (χ0) is 7.84. The Balaban J connectivity index is 2.65. The monoisotopic (exact) mass is 148 g/mol. The lowest BCUT2D eigenvalue weighted by Crippen LogP contribution is -1.92. The molecular formula is C9H8O2. The molecule has 2 nitrogen and oxygen atoms in total. The predicted molar refractivity (Wildman–Crippen MR) is 40.8 cm³/mol. The Bertz CT molecular complexity index is 293. The van der Waals surface area contributed by atoms with Gasteiger partial charge in [0.2, 0.25) is 0 Å². The van der Waals surface area contributed by atoms with Crippen LogP contribution in [0.3, 0.4) is 0 Å². The van der Waals surface area contributed by atoms with Crippen molar-refractivity contribution in [1.29, 1.82) is 0 Å². The van der Waals surface area contributed by atoms with Crippen LogP contribution >= 0.6 is 0 Å². The largest absolute Gasteiger partial charge is 0.488 e. The third kappa shape index (κ3) is 0.827. The number of hydrogen-bond acceptors (Lipinski definition) is 2. The highest BCUT2D eigenvalue weighted by atomic mass is 16.5. The standard InChI is InChI=1S/C9H8O2/c1-6(10)9-7-3-2-4-8(9)11-5-7/h2-4H,5H2,1H3. The highest BCUT2D eigenvalue weighted by molar-refractivity contribution is 5.98. The molecule has 1 aromatic rings. The summed E-state index contributed by atoms with van der Waals surface area (Å²) >= 11 is 0. The smallest absolute Gasteiger partial charge is 0.163 e. The van der Waals surface area contributed by atoms with Gasteiger partial charge in [0, 0.05) is 5.56 Å². The Hall–Kier alpha value is -1.31. The maximum absolute atomic E-state index is 11.0. The van der Waals surface area contributed by atoms with Crippen LogP contribution in [0.15, 0.2) is 18.2 Å². The van der Waals surface area contributed by atoms with Crippen molar-refractivity contribution in [3.05, 3.63) is 29.3 Å². The second-order valence-corrected chi connectivity index (χ2v) is 2.64. The first kappa shape index (κ1) is 6.40. The SMILES string of the molecule is CC(=O)c1c2cccc1OC2. The van der Waals surface area contributed by atoms with Gasteiger partial charge in [-0.3, -0.25) is 4.79 Å². The molecule has 0 spiro atoms. The van der Waals surface area contributed by atoms with Crippen molar-refractivity contribution < 1.29 is 9.53 Å². The minimum atomic E-state index is 0.0908. The normalized spacial score (nSPS) is 12.8. The molecule has 0 saturated carbocycles. The summed E-state index contributed by atoms with van der Waals surface area (Å²) < 4.78 is 5.25. The summed E-state index contributed by atoms with van der Waals surface area (Å²) in [5, 5.41) is 0. The van der Waals surface area contributed by atoms with Crippen LogP contribution < -0.4 is 4.74 Å². The van der Waals surface area contributed by atoms with Crippen LogP contribution in [0.1, 0.15) is 22.8 Å². The van der Waals surface area contributed by atoms with Crippen LogP contribution in [0.2, 0.25) is 0 Å².